The van der Waals surface area contributed by atoms with Crippen LogP contribution in [0.2, 0.25) is 0 Å². The summed E-state index contributed by atoms with van der Waals surface area (Å²) in [7, 11) is 3.95. The second kappa shape index (κ2) is 7.20. The van der Waals surface area contributed by atoms with Crippen LogP contribution in [0, 0.1) is 16.7 Å². The second-order valence-electron chi connectivity index (χ2n) is 4.41. The summed E-state index contributed by atoms with van der Waals surface area (Å²) in [4.78, 5) is 13.5. The minimum Gasteiger partial charge on any atom is -0.378 e. The molecule has 0 bridgehead atoms. The molecule has 0 atom stereocenters. The van der Waals surface area contributed by atoms with Crippen molar-refractivity contribution < 1.29 is 9.53 Å². The maximum Gasteiger partial charge on any atom is 0.239 e. The van der Waals surface area contributed by atoms with Crippen molar-refractivity contribution in [2.24, 2.45) is 5.41 Å². The summed E-state index contributed by atoms with van der Waals surface area (Å²) in [5.74, 6) is -0.258. The molecule has 0 unspecified atom stereocenters. The lowest BCUT2D eigenvalue weighted by molar-refractivity contribution is -0.127. The van der Waals surface area contributed by atoms with E-state index in [1.165, 1.54) is 0 Å². The third kappa shape index (κ3) is 6.38. The molecule has 0 aromatic rings. The van der Waals surface area contributed by atoms with Crippen LogP contribution in [-0.2, 0) is 9.53 Å². The van der Waals surface area contributed by atoms with Gasteiger partial charge in [0.25, 0.3) is 0 Å². The molecule has 0 heterocycles. The van der Waals surface area contributed by atoms with Gasteiger partial charge in [0.05, 0.1) is 19.3 Å². The van der Waals surface area contributed by atoms with Gasteiger partial charge in [-0.15, -0.1) is 0 Å². The number of carbonyl (C=O) groups excluding carboxylic acids is 1. The Bertz CT molecular complexity index is 256. The van der Waals surface area contributed by atoms with Gasteiger partial charge in [0.15, 0.2) is 0 Å². The van der Waals surface area contributed by atoms with Crippen molar-refractivity contribution >= 4 is 5.91 Å². The number of amides is 1. The SMILES string of the molecule is CN(C)CCOCCNC(=O)C(C)(C)C#N. The minimum absolute atomic E-state index is 0.258. The summed E-state index contributed by atoms with van der Waals surface area (Å²) >= 11 is 0. The molecule has 16 heavy (non-hydrogen) atoms. The molecular formula is C11H21N3O2. The zero-order chi connectivity index (χ0) is 12.6. The Hall–Kier alpha value is -1.12. The Balaban J connectivity index is 3.54. The zero-order valence-corrected chi connectivity index (χ0v) is 10.5. The highest BCUT2D eigenvalue weighted by atomic mass is 16.5. The molecule has 0 saturated heterocycles. The van der Waals surface area contributed by atoms with Gasteiger partial charge in [0.2, 0.25) is 5.91 Å². The second-order valence-corrected chi connectivity index (χ2v) is 4.41. The summed E-state index contributed by atoms with van der Waals surface area (Å²) in [5.41, 5.74) is -0.969. The Kier molecular flexibility index (Phi) is 6.70. The van der Waals surface area contributed by atoms with Gasteiger partial charge < -0.3 is 15.0 Å². The molecule has 0 spiro atoms. The average Bonchev–Trinajstić information content (AvgIpc) is 2.22. The summed E-state index contributed by atoms with van der Waals surface area (Å²) in [6.07, 6.45) is 0. The first-order valence-electron chi connectivity index (χ1n) is 5.32. The molecule has 0 rings (SSSR count). The number of hydrogen-bond donors (Lipinski definition) is 1. The van der Waals surface area contributed by atoms with Crippen LogP contribution in [0.4, 0.5) is 0 Å². The van der Waals surface area contributed by atoms with Gasteiger partial charge in [0.1, 0.15) is 5.41 Å². The molecule has 1 amide bonds. The number of rotatable bonds is 7. The normalized spacial score (nSPS) is 11.2. The predicted molar refractivity (Wildman–Crippen MR) is 61.8 cm³/mol. The fourth-order valence-corrected chi connectivity index (χ4v) is 0.858. The molecule has 5 heteroatoms. The Morgan fingerprint density at radius 1 is 1.44 bits per heavy atom. The molecule has 5 nitrogen and oxygen atoms in total. The van der Waals surface area contributed by atoms with E-state index >= 15 is 0 Å². The van der Waals surface area contributed by atoms with Crippen LogP contribution < -0.4 is 5.32 Å². The maximum atomic E-state index is 11.4. The molecule has 0 aliphatic heterocycles. The fourth-order valence-electron chi connectivity index (χ4n) is 0.858. The van der Waals surface area contributed by atoms with Gasteiger partial charge in [-0.2, -0.15) is 5.26 Å². The summed E-state index contributed by atoms with van der Waals surface area (Å²) in [6.45, 7) is 5.60. The van der Waals surface area contributed by atoms with Gasteiger partial charge in [0, 0.05) is 13.1 Å². The van der Waals surface area contributed by atoms with Crippen molar-refractivity contribution in [1.29, 1.82) is 5.26 Å². The third-order valence-electron chi connectivity index (χ3n) is 2.06. The molecule has 0 saturated carbocycles. The van der Waals surface area contributed by atoms with E-state index in [9.17, 15) is 4.79 Å². The quantitative estimate of drug-likeness (QED) is 0.632. The molecular weight excluding hydrogens is 206 g/mol. The van der Waals surface area contributed by atoms with Crippen LogP contribution in [0.25, 0.3) is 0 Å². The third-order valence-corrected chi connectivity index (χ3v) is 2.06. The van der Waals surface area contributed by atoms with Crippen LogP contribution in [-0.4, -0.2) is 51.2 Å². The highest BCUT2D eigenvalue weighted by molar-refractivity contribution is 5.84. The van der Waals surface area contributed by atoms with Crippen LogP contribution >= 0.6 is 0 Å². The van der Waals surface area contributed by atoms with E-state index in [0.717, 1.165) is 6.54 Å². The van der Waals surface area contributed by atoms with Crippen molar-refractivity contribution in [3.05, 3.63) is 0 Å². The van der Waals surface area contributed by atoms with Crippen LogP contribution in [0.15, 0.2) is 0 Å². The number of nitrogens with one attached hydrogen (secondary N) is 1. The lowest BCUT2D eigenvalue weighted by Crippen LogP contribution is -2.37. The first-order valence-corrected chi connectivity index (χ1v) is 5.32. The van der Waals surface area contributed by atoms with E-state index in [0.29, 0.717) is 19.8 Å². The van der Waals surface area contributed by atoms with Gasteiger partial charge in [-0.25, -0.2) is 0 Å². The van der Waals surface area contributed by atoms with E-state index in [4.69, 9.17) is 10.00 Å². The smallest absolute Gasteiger partial charge is 0.239 e. The van der Waals surface area contributed by atoms with Crippen molar-refractivity contribution in [3.63, 3.8) is 0 Å². The van der Waals surface area contributed by atoms with Gasteiger partial charge in [-0.3, -0.25) is 4.79 Å². The Morgan fingerprint density at radius 2 is 2.06 bits per heavy atom. The van der Waals surface area contributed by atoms with E-state index in [2.05, 4.69) is 5.32 Å². The molecule has 0 aliphatic rings. The monoisotopic (exact) mass is 227 g/mol. The highest BCUT2D eigenvalue weighted by Gasteiger charge is 2.26. The van der Waals surface area contributed by atoms with Crippen molar-refractivity contribution in [2.45, 2.75) is 13.8 Å². The molecule has 1 N–H and O–H groups in total. The Morgan fingerprint density at radius 3 is 2.56 bits per heavy atom. The lowest BCUT2D eigenvalue weighted by atomic mass is 9.95. The lowest BCUT2D eigenvalue weighted by Gasteiger charge is -2.15. The predicted octanol–water partition coefficient (Wildman–Crippen LogP) is 0.231. The van der Waals surface area contributed by atoms with Crippen LogP contribution in [0.3, 0.4) is 0 Å². The molecule has 0 aliphatic carbocycles. The van der Waals surface area contributed by atoms with Gasteiger partial charge >= 0.3 is 0 Å². The van der Waals surface area contributed by atoms with Gasteiger partial charge in [-0.05, 0) is 27.9 Å². The van der Waals surface area contributed by atoms with E-state index in [1.807, 2.05) is 25.1 Å². The van der Waals surface area contributed by atoms with E-state index in [-0.39, 0.29) is 5.91 Å². The first-order chi connectivity index (χ1) is 7.40. The summed E-state index contributed by atoms with van der Waals surface area (Å²) < 4.78 is 5.30. The number of nitriles is 1. The van der Waals surface area contributed by atoms with Crippen molar-refractivity contribution in [3.8, 4) is 6.07 Å². The Labute approximate surface area is 97.4 Å². The van der Waals surface area contributed by atoms with Crippen LogP contribution in [0.5, 0.6) is 0 Å². The first kappa shape index (κ1) is 14.9. The topological polar surface area (TPSA) is 65.4 Å². The summed E-state index contributed by atoms with van der Waals surface area (Å²) in [5, 5.41) is 11.4. The summed E-state index contributed by atoms with van der Waals surface area (Å²) in [6, 6.07) is 1.95. The molecule has 0 aromatic carbocycles. The van der Waals surface area contributed by atoms with Crippen molar-refractivity contribution in [2.75, 3.05) is 40.4 Å². The number of ether oxygens (including phenoxy) is 1. The molecule has 92 valence electrons. The molecule has 0 fully saturated rings. The van der Waals surface area contributed by atoms with E-state index < -0.39 is 5.41 Å². The largest absolute Gasteiger partial charge is 0.378 e. The average molecular weight is 227 g/mol. The number of hydrogen-bond acceptors (Lipinski definition) is 4. The number of nitrogens with zero attached hydrogens (tertiary/aromatic N) is 2. The van der Waals surface area contributed by atoms with Crippen LogP contribution in [0.1, 0.15) is 13.8 Å². The number of carbonyl (C=O) groups is 1. The highest BCUT2D eigenvalue weighted by Crippen LogP contribution is 2.11. The minimum atomic E-state index is -0.969. The molecule has 0 radical (unpaired) electrons. The number of likely N-dealkylation sites (N-methyl/N-ethyl adjacent to an activating group) is 1. The van der Waals surface area contributed by atoms with E-state index in [1.54, 1.807) is 13.8 Å². The zero-order valence-electron chi connectivity index (χ0n) is 10.5. The molecule has 0 aromatic heterocycles. The van der Waals surface area contributed by atoms with Crippen molar-refractivity contribution in [1.82, 2.24) is 10.2 Å². The fraction of sp³-hybridized carbons (Fsp3) is 0.818. The standard InChI is InChI=1S/C11H21N3O2/c1-11(2,9-12)10(15)13-5-7-16-8-6-14(3)4/h5-8H2,1-4H3,(H,13,15). The van der Waals surface area contributed by atoms with Gasteiger partial charge in [-0.1, -0.05) is 0 Å². The maximum absolute atomic E-state index is 11.4.